The van der Waals surface area contributed by atoms with Gasteiger partial charge < -0.3 is 9.42 Å². The number of hydrogen-bond acceptors (Lipinski definition) is 4. The third-order valence-corrected chi connectivity index (χ3v) is 5.21. The Labute approximate surface area is 164 Å². The van der Waals surface area contributed by atoms with Crippen LogP contribution in [0.5, 0.6) is 0 Å². The van der Waals surface area contributed by atoms with Gasteiger partial charge in [0.15, 0.2) is 0 Å². The molecule has 1 atom stereocenters. The molecule has 1 saturated heterocycles. The summed E-state index contributed by atoms with van der Waals surface area (Å²) in [6, 6.07) is 14.4. The van der Waals surface area contributed by atoms with Crippen molar-refractivity contribution in [3.8, 4) is 11.4 Å². The SMILES string of the molecule is O=C(c1ccc(Cl)cc1)N1CCCC1c1nc(-c2ccc(Br)cc2)no1. The van der Waals surface area contributed by atoms with Crippen LogP contribution in [0.25, 0.3) is 11.4 Å². The summed E-state index contributed by atoms with van der Waals surface area (Å²) < 4.78 is 6.47. The van der Waals surface area contributed by atoms with Crippen molar-refractivity contribution in [3.05, 3.63) is 69.5 Å². The van der Waals surface area contributed by atoms with Crippen LogP contribution in [0.3, 0.4) is 0 Å². The molecule has 1 aromatic heterocycles. The fourth-order valence-corrected chi connectivity index (χ4v) is 3.50. The highest BCUT2D eigenvalue weighted by Crippen LogP contribution is 2.33. The standard InChI is InChI=1S/C19H15BrClN3O2/c20-14-7-3-12(4-8-14)17-22-18(26-23-17)16-2-1-11-24(16)19(25)13-5-9-15(21)10-6-13/h3-10,16H,1-2,11H2. The summed E-state index contributed by atoms with van der Waals surface area (Å²) in [5.41, 5.74) is 1.48. The van der Waals surface area contributed by atoms with Crippen molar-refractivity contribution in [3.63, 3.8) is 0 Å². The first-order valence-electron chi connectivity index (χ1n) is 8.28. The second kappa shape index (κ2) is 7.21. The second-order valence-electron chi connectivity index (χ2n) is 6.13. The summed E-state index contributed by atoms with van der Waals surface area (Å²) in [5.74, 6) is 0.952. The zero-order chi connectivity index (χ0) is 18.1. The molecule has 2 heterocycles. The lowest BCUT2D eigenvalue weighted by molar-refractivity contribution is 0.0710. The molecule has 132 valence electrons. The summed E-state index contributed by atoms with van der Waals surface area (Å²) in [7, 11) is 0. The van der Waals surface area contributed by atoms with E-state index in [-0.39, 0.29) is 11.9 Å². The van der Waals surface area contributed by atoms with Crippen LogP contribution in [0.1, 0.15) is 35.1 Å². The lowest BCUT2D eigenvalue weighted by Gasteiger charge is -2.21. The maximum absolute atomic E-state index is 12.8. The molecule has 0 radical (unpaired) electrons. The largest absolute Gasteiger partial charge is 0.337 e. The number of carbonyl (C=O) groups excluding carboxylic acids is 1. The van der Waals surface area contributed by atoms with Crippen LogP contribution in [0.15, 0.2) is 57.5 Å². The van der Waals surface area contributed by atoms with Gasteiger partial charge in [0.25, 0.3) is 5.91 Å². The molecule has 0 N–H and O–H groups in total. The zero-order valence-corrected chi connectivity index (χ0v) is 16.1. The van der Waals surface area contributed by atoms with Crippen molar-refractivity contribution >= 4 is 33.4 Å². The van der Waals surface area contributed by atoms with E-state index in [1.54, 1.807) is 29.2 Å². The predicted octanol–water partition coefficient (Wildman–Crippen LogP) is 5.13. The Kier molecular flexibility index (Phi) is 4.78. The van der Waals surface area contributed by atoms with Gasteiger partial charge in [-0.15, -0.1) is 0 Å². The van der Waals surface area contributed by atoms with E-state index in [1.165, 1.54) is 0 Å². The Morgan fingerprint density at radius 2 is 1.88 bits per heavy atom. The Morgan fingerprint density at radius 1 is 1.15 bits per heavy atom. The van der Waals surface area contributed by atoms with Crippen molar-refractivity contribution < 1.29 is 9.32 Å². The van der Waals surface area contributed by atoms with Crippen molar-refractivity contribution in [2.45, 2.75) is 18.9 Å². The normalized spacial score (nSPS) is 16.8. The summed E-state index contributed by atoms with van der Waals surface area (Å²) >= 11 is 9.32. The van der Waals surface area contributed by atoms with Gasteiger partial charge in [0, 0.05) is 27.2 Å². The topological polar surface area (TPSA) is 59.2 Å². The fraction of sp³-hybridized carbons (Fsp3) is 0.211. The molecule has 0 bridgehead atoms. The summed E-state index contributed by atoms with van der Waals surface area (Å²) in [6.45, 7) is 0.669. The molecule has 1 unspecified atom stereocenters. The number of halogens is 2. The van der Waals surface area contributed by atoms with Crippen molar-refractivity contribution in [1.29, 1.82) is 0 Å². The number of rotatable bonds is 3. The number of benzene rings is 2. The average Bonchev–Trinajstić information content (AvgIpc) is 3.31. The quantitative estimate of drug-likeness (QED) is 0.576. The molecular formula is C19H15BrClN3O2. The summed E-state index contributed by atoms with van der Waals surface area (Å²) in [5, 5.41) is 4.69. The van der Waals surface area contributed by atoms with E-state index < -0.39 is 0 Å². The van der Waals surface area contributed by atoms with E-state index >= 15 is 0 Å². The Bertz CT molecular complexity index is 925. The molecule has 7 heteroatoms. The van der Waals surface area contributed by atoms with Crippen LogP contribution in [0.4, 0.5) is 0 Å². The van der Waals surface area contributed by atoms with Gasteiger partial charge in [-0.25, -0.2) is 0 Å². The molecule has 3 aromatic rings. The van der Waals surface area contributed by atoms with Gasteiger partial charge in [-0.2, -0.15) is 4.98 Å². The summed E-state index contributed by atoms with van der Waals surface area (Å²) in [4.78, 5) is 19.2. The van der Waals surface area contributed by atoms with Crippen LogP contribution >= 0.6 is 27.5 Å². The van der Waals surface area contributed by atoms with Crippen LogP contribution in [0, 0.1) is 0 Å². The zero-order valence-electron chi connectivity index (χ0n) is 13.7. The molecule has 1 aliphatic heterocycles. The van der Waals surface area contributed by atoms with E-state index in [9.17, 15) is 4.79 Å². The smallest absolute Gasteiger partial charge is 0.254 e. The molecule has 1 fully saturated rings. The summed E-state index contributed by atoms with van der Waals surface area (Å²) in [6.07, 6.45) is 1.71. The lowest BCUT2D eigenvalue weighted by atomic mass is 10.1. The van der Waals surface area contributed by atoms with E-state index in [2.05, 4.69) is 26.1 Å². The van der Waals surface area contributed by atoms with Gasteiger partial charge in [-0.3, -0.25) is 4.79 Å². The lowest BCUT2D eigenvalue weighted by Crippen LogP contribution is -2.30. The maximum Gasteiger partial charge on any atom is 0.254 e. The molecule has 0 saturated carbocycles. The maximum atomic E-state index is 12.8. The molecule has 26 heavy (non-hydrogen) atoms. The molecular weight excluding hydrogens is 418 g/mol. The minimum Gasteiger partial charge on any atom is -0.337 e. The number of hydrogen-bond donors (Lipinski definition) is 0. The van der Waals surface area contributed by atoms with E-state index in [1.807, 2.05) is 24.3 Å². The third-order valence-electron chi connectivity index (χ3n) is 4.43. The van der Waals surface area contributed by atoms with Crippen LogP contribution in [0.2, 0.25) is 5.02 Å². The van der Waals surface area contributed by atoms with Gasteiger partial charge in [0.05, 0.1) is 0 Å². The van der Waals surface area contributed by atoms with Gasteiger partial charge in [0.2, 0.25) is 11.7 Å². The van der Waals surface area contributed by atoms with Crippen LogP contribution < -0.4 is 0 Å². The number of nitrogens with zero attached hydrogens (tertiary/aromatic N) is 3. The van der Waals surface area contributed by atoms with Crippen molar-refractivity contribution in [1.82, 2.24) is 15.0 Å². The Hall–Kier alpha value is -2.18. The third kappa shape index (κ3) is 3.39. The second-order valence-corrected chi connectivity index (χ2v) is 7.48. The molecule has 4 rings (SSSR count). The molecule has 2 aromatic carbocycles. The molecule has 5 nitrogen and oxygen atoms in total. The first-order valence-corrected chi connectivity index (χ1v) is 9.45. The molecule has 0 spiro atoms. The first-order chi connectivity index (χ1) is 12.6. The van der Waals surface area contributed by atoms with Gasteiger partial charge in [-0.1, -0.05) is 32.7 Å². The fourth-order valence-electron chi connectivity index (χ4n) is 3.11. The number of likely N-dealkylation sites (tertiary alicyclic amines) is 1. The Balaban J connectivity index is 1.58. The predicted molar refractivity (Wildman–Crippen MR) is 102 cm³/mol. The number of aromatic nitrogens is 2. The van der Waals surface area contributed by atoms with Crippen molar-refractivity contribution in [2.24, 2.45) is 0 Å². The van der Waals surface area contributed by atoms with E-state index in [4.69, 9.17) is 16.1 Å². The van der Waals surface area contributed by atoms with Gasteiger partial charge >= 0.3 is 0 Å². The van der Waals surface area contributed by atoms with E-state index in [0.717, 1.165) is 22.9 Å². The highest BCUT2D eigenvalue weighted by Gasteiger charge is 2.34. The highest BCUT2D eigenvalue weighted by molar-refractivity contribution is 9.10. The average molecular weight is 433 g/mol. The van der Waals surface area contributed by atoms with Crippen molar-refractivity contribution in [2.75, 3.05) is 6.54 Å². The Morgan fingerprint density at radius 3 is 2.62 bits per heavy atom. The minimum atomic E-state index is -0.199. The van der Waals surface area contributed by atoms with Crippen LogP contribution in [-0.4, -0.2) is 27.5 Å². The first kappa shape index (κ1) is 17.2. The highest BCUT2D eigenvalue weighted by atomic mass is 79.9. The minimum absolute atomic E-state index is 0.0486. The molecule has 1 aliphatic rings. The number of amides is 1. The van der Waals surface area contributed by atoms with Crippen LogP contribution in [-0.2, 0) is 0 Å². The van der Waals surface area contributed by atoms with E-state index in [0.29, 0.717) is 28.8 Å². The van der Waals surface area contributed by atoms with Gasteiger partial charge in [0.1, 0.15) is 6.04 Å². The molecule has 1 amide bonds. The van der Waals surface area contributed by atoms with Gasteiger partial charge in [-0.05, 0) is 61.4 Å². The monoisotopic (exact) mass is 431 g/mol. The number of carbonyl (C=O) groups is 1. The molecule has 0 aliphatic carbocycles.